The molecule has 0 unspecified atom stereocenters. The van der Waals surface area contributed by atoms with Crippen LogP contribution in [0.25, 0.3) is 0 Å². The van der Waals surface area contributed by atoms with E-state index in [1.807, 2.05) is 0 Å². The van der Waals surface area contributed by atoms with Crippen molar-refractivity contribution in [2.75, 3.05) is 7.11 Å². The average molecular weight is 374 g/mol. The van der Waals surface area contributed by atoms with Gasteiger partial charge in [0.05, 0.1) is 12.5 Å². The molecule has 0 heterocycles. The topological polar surface area (TPSA) is 69.7 Å². The predicted octanol–water partition coefficient (Wildman–Crippen LogP) is 3.60. The fraction of sp³-hybridized carbons (Fsp3) is 0.773. The molecule has 148 valence electrons. The summed E-state index contributed by atoms with van der Waals surface area (Å²) in [5.41, 5.74) is 0.382. The third-order valence-corrected chi connectivity index (χ3v) is 8.26. The number of ketones is 1. The number of hydrogen-bond acceptors (Lipinski definition) is 5. The zero-order valence-electron chi connectivity index (χ0n) is 16.6. The van der Waals surface area contributed by atoms with Crippen LogP contribution in [0.5, 0.6) is 0 Å². The number of methoxy groups -OCH3 is 1. The van der Waals surface area contributed by atoms with Gasteiger partial charge in [-0.05, 0) is 74.3 Å². The van der Waals surface area contributed by atoms with Crippen LogP contribution < -0.4 is 0 Å². The van der Waals surface area contributed by atoms with Gasteiger partial charge in [0, 0.05) is 18.8 Å². The fourth-order valence-corrected chi connectivity index (χ4v) is 7.13. The lowest BCUT2D eigenvalue weighted by Crippen LogP contribution is -2.55. The molecular weight excluding hydrogens is 344 g/mol. The molecular formula is C22H30O5. The summed E-state index contributed by atoms with van der Waals surface area (Å²) in [6.45, 7) is 3.76. The molecule has 0 spiro atoms. The van der Waals surface area contributed by atoms with E-state index in [1.54, 1.807) is 6.08 Å². The summed E-state index contributed by atoms with van der Waals surface area (Å²) in [5, 5.41) is 0. The van der Waals surface area contributed by atoms with Crippen molar-refractivity contribution in [3.63, 3.8) is 0 Å². The van der Waals surface area contributed by atoms with Crippen LogP contribution in [0.4, 0.5) is 0 Å². The first-order chi connectivity index (χ1) is 12.8. The third-order valence-electron chi connectivity index (χ3n) is 8.26. The summed E-state index contributed by atoms with van der Waals surface area (Å²) in [4.78, 5) is 36.6. The first kappa shape index (κ1) is 18.7. The van der Waals surface area contributed by atoms with E-state index in [2.05, 4.69) is 6.92 Å². The molecule has 0 aromatic carbocycles. The zero-order chi connectivity index (χ0) is 19.4. The lowest BCUT2D eigenvalue weighted by atomic mass is 9.47. The van der Waals surface area contributed by atoms with Crippen molar-refractivity contribution in [1.29, 1.82) is 0 Å². The summed E-state index contributed by atoms with van der Waals surface area (Å²) in [6.07, 6.45) is 8.39. The molecule has 5 nitrogen and oxygen atoms in total. The minimum atomic E-state index is -0.619. The predicted molar refractivity (Wildman–Crippen MR) is 98.6 cm³/mol. The fourth-order valence-electron chi connectivity index (χ4n) is 7.13. The highest BCUT2D eigenvalue weighted by Gasteiger charge is 2.63. The number of carbonyl (C=O) groups is 3. The van der Waals surface area contributed by atoms with Gasteiger partial charge in [0.15, 0.2) is 5.78 Å². The average Bonchev–Trinajstić information content (AvgIpc) is 2.96. The molecule has 0 saturated heterocycles. The number of rotatable bonds is 2. The maximum Gasteiger partial charge on any atom is 0.316 e. The third kappa shape index (κ3) is 2.60. The van der Waals surface area contributed by atoms with Crippen molar-refractivity contribution in [2.24, 2.45) is 28.6 Å². The lowest BCUT2D eigenvalue weighted by molar-refractivity contribution is -0.167. The zero-order valence-corrected chi connectivity index (χ0v) is 16.6. The van der Waals surface area contributed by atoms with Gasteiger partial charge in [-0.3, -0.25) is 14.4 Å². The quantitative estimate of drug-likeness (QED) is 0.691. The van der Waals surface area contributed by atoms with E-state index in [1.165, 1.54) is 14.0 Å². The van der Waals surface area contributed by atoms with Crippen LogP contribution in [0, 0.1) is 28.6 Å². The summed E-state index contributed by atoms with van der Waals surface area (Å²) in [5.74, 6) is 0.894. The molecule has 4 aliphatic carbocycles. The Kier molecular flexibility index (Phi) is 4.47. The van der Waals surface area contributed by atoms with E-state index in [-0.39, 0.29) is 35.2 Å². The summed E-state index contributed by atoms with van der Waals surface area (Å²) in [7, 11) is 1.47. The van der Waals surface area contributed by atoms with E-state index < -0.39 is 5.41 Å². The molecule has 0 bridgehead atoms. The molecule has 5 heteroatoms. The van der Waals surface area contributed by atoms with E-state index in [9.17, 15) is 14.4 Å². The Labute approximate surface area is 160 Å². The first-order valence-corrected chi connectivity index (χ1v) is 10.3. The number of carbonyl (C=O) groups excluding carboxylic acids is 3. The molecule has 27 heavy (non-hydrogen) atoms. The highest BCUT2D eigenvalue weighted by atomic mass is 16.5. The van der Waals surface area contributed by atoms with Crippen LogP contribution in [0.3, 0.4) is 0 Å². The summed E-state index contributed by atoms with van der Waals surface area (Å²) in [6, 6.07) is 0. The monoisotopic (exact) mass is 374 g/mol. The van der Waals surface area contributed by atoms with Crippen LogP contribution in [0.2, 0.25) is 0 Å². The molecule has 3 saturated carbocycles. The van der Waals surface area contributed by atoms with E-state index >= 15 is 0 Å². The normalized spacial score (nSPS) is 43.1. The number of hydrogen-bond donors (Lipinski definition) is 0. The number of ether oxygens (including phenoxy) is 2. The van der Waals surface area contributed by atoms with Crippen LogP contribution in [-0.2, 0) is 23.9 Å². The molecule has 4 aliphatic rings. The van der Waals surface area contributed by atoms with Crippen LogP contribution in [0.15, 0.2) is 11.6 Å². The Hall–Kier alpha value is -1.65. The van der Waals surface area contributed by atoms with E-state index in [4.69, 9.17) is 9.47 Å². The van der Waals surface area contributed by atoms with Gasteiger partial charge in [-0.1, -0.05) is 6.92 Å². The van der Waals surface area contributed by atoms with E-state index in [0.29, 0.717) is 24.7 Å². The summed E-state index contributed by atoms with van der Waals surface area (Å²) >= 11 is 0. The van der Waals surface area contributed by atoms with Gasteiger partial charge >= 0.3 is 11.9 Å². The Bertz CT molecular complexity index is 709. The second kappa shape index (κ2) is 6.46. The minimum absolute atomic E-state index is 0.00412. The van der Waals surface area contributed by atoms with Gasteiger partial charge in [0.1, 0.15) is 6.10 Å². The number of esters is 2. The van der Waals surface area contributed by atoms with Crippen molar-refractivity contribution in [1.82, 2.24) is 0 Å². The molecule has 0 N–H and O–H groups in total. The largest absolute Gasteiger partial charge is 0.468 e. The molecule has 0 amide bonds. The second-order valence-electron chi connectivity index (χ2n) is 9.23. The van der Waals surface area contributed by atoms with Crippen molar-refractivity contribution >= 4 is 17.7 Å². The smallest absolute Gasteiger partial charge is 0.316 e. The number of fused-ring (bicyclic) bond motifs is 5. The van der Waals surface area contributed by atoms with Gasteiger partial charge in [-0.2, -0.15) is 0 Å². The van der Waals surface area contributed by atoms with Crippen LogP contribution in [0.1, 0.15) is 65.2 Å². The molecule has 6 atom stereocenters. The maximum atomic E-state index is 13.0. The minimum Gasteiger partial charge on any atom is -0.468 e. The van der Waals surface area contributed by atoms with Gasteiger partial charge in [-0.25, -0.2) is 0 Å². The first-order valence-electron chi connectivity index (χ1n) is 10.3. The van der Waals surface area contributed by atoms with Crippen molar-refractivity contribution < 1.29 is 23.9 Å². The molecule has 0 aromatic rings. The molecule has 0 radical (unpaired) electrons. The van der Waals surface area contributed by atoms with Crippen LogP contribution >= 0.6 is 0 Å². The van der Waals surface area contributed by atoms with Gasteiger partial charge < -0.3 is 9.47 Å². The molecule has 0 aliphatic heterocycles. The Morgan fingerprint density at radius 3 is 2.56 bits per heavy atom. The van der Waals surface area contributed by atoms with Crippen molar-refractivity contribution in [3.8, 4) is 0 Å². The van der Waals surface area contributed by atoms with Gasteiger partial charge in [0.2, 0.25) is 0 Å². The van der Waals surface area contributed by atoms with Gasteiger partial charge in [0.25, 0.3) is 0 Å². The SMILES string of the molecule is COC(=O)[C@]12CCC(=O)C=C1CC[C@H]1[C@H]2CC[C@]2(C)[C@@H](OC(C)=O)CC[C@@H]12. The summed E-state index contributed by atoms with van der Waals surface area (Å²) < 4.78 is 11.0. The second-order valence-corrected chi connectivity index (χ2v) is 9.23. The highest BCUT2D eigenvalue weighted by Crippen LogP contribution is 2.66. The Morgan fingerprint density at radius 1 is 1.07 bits per heavy atom. The van der Waals surface area contributed by atoms with Crippen LogP contribution in [-0.4, -0.2) is 30.9 Å². The Morgan fingerprint density at radius 2 is 1.85 bits per heavy atom. The van der Waals surface area contributed by atoms with Crippen molar-refractivity contribution in [3.05, 3.63) is 11.6 Å². The molecule has 3 fully saturated rings. The van der Waals surface area contributed by atoms with Gasteiger partial charge in [-0.15, -0.1) is 0 Å². The lowest BCUT2D eigenvalue weighted by Gasteiger charge is -2.57. The maximum absolute atomic E-state index is 13.0. The Balaban J connectivity index is 1.70. The van der Waals surface area contributed by atoms with E-state index in [0.717, 1.165) is 44.1 Å². The standard InChI is InChI=1S/C22H30O5/c1-13(23)27-19-7-6-17-16-5-4-14-12-15(24)8-11-22(14,20(25)26-3)18(16)9-10-21(17,19)2/h12,16-19H,4-11H2,1-3H3/t16-,17+,18-,19+,21+,22-/m1/s1. The highest BCUT2D eigenvalue weighted by molar-refractivity contribution is 5.95. The molecule has 0 aromatic heterocycles. The van der Waals surface area contributed by atoms with Crippen molar-refractivity contribution in [2.45, 2.75) is 71.3 Å². The molecule has 4 rings (SSSR count).